The normalized spacial score (nSPS) is 15.5. The zero-order chi connectivity index (χ0) is 31.7. The van der Waals surface area contributed by atoms with Gasteiger partial charge >= 0.3 is 275 Å². The molecule has 0 radical (unpaired) electrons. The molecule has 0 aliphatic heterocycles. The molecule has 44 heavy (non-hydrogen) atoms. The average molecular weight is 715 g/mol. The summed E-state index contributed by atoms with van der Waals surface area (Å²) < 4.78 is -0.0417. The molecule has 0 amide bonds. The molecule has 4 aromatic carbocycles. The molecule has 0 spiro atoms. The maximum atomic E-state index is 8.83. The Morgan fingerprint density at radius 1 is 0.568 bits per heavy atom. The Kier molecular flexibility index (Phi) is 8.06. The Hall–Kier alpha value is -1.96. The van der Waals surface area contributed by atoms with Crippen LogP contribution in [-0.4, -0.2) is 5.43 Å². The summed E-state index contributed by atoms with van der Waals surface area (Å²) >= 11 is -5.19. The van der Waals surface area contributed by atoms with Crippen molar-refractivity contribution in [1.29, 1.82) is 0 Å². The molecule has 0 fully saturated rings. The number of hydrogen-bond acceptors (Lipinski definition) is 0. The third-order valence-electron chi connectivity index (χ3n) is 9.79. The van der Waals surface area contributed by atoms with Crippen LogP contribution >= 0.6 is 17.0 Å². The van der Waals surface area contributed by atoms with E-state index in [1.54, 1.807) is 0 Å². The summed E-state index contributed by atoms with van der Waals surface area (Å²) in [6, 6.07) is 32.5. The van der Waals surface area contributed by atoms with Crippen molar-refractivity contribution >= 4 is 32.8 Å². The molecule has 0 N–H and O–H groups in total. The molecule has 4 heteroatoms. The van der Waals surface area contributed by atoms with Gasteiger partial charge in [0.1, 0.15) is 0 Å². The van der Waals surface area contributed by atoms with E-state index in [0.29, 0.717) is 0 Å². The topological polar surface area (TPSA) is 0 Å². The van der Waals surface area contributed by atoms with E-state index in [1.807, 2.05) is 0 Å². The molecule has 0 saturated carbocycles. The van der Waals surface area contributed by atoms with Crippen LogP contribution in [0, 0.1) is 13.8 Å². The first-order valence-electron chi connectivity index (χ1n) is 15.8. The van der Waals surface area contributed by atoms with Crippen molar-refractivity contribution in [2.45, 2.75) is 73.5 Å². The van der Waals surface area contributed by atoms with Gasteiger partial charge in [0.2, 0.25) is 0 Å². The predicted octanol–water partition coefficient (Wildman–Crippen LogP) is 10.7. The van der Waals surface area contributed by atoms with E-state index in [9.17, 15) is 0 Å². The first kappa shape index (κ1) is 32.0. The van der Waals surface area contributed by atoms with Gasteiger partial charge in [0.15, 0.2) is 0 Å². The van der Waals surface area contributed by atoms with Gasteiger partial charge in [0.25, 0.3) is 0 Å². The average Bonchev–Trinajstić information content (AvgIpc) is 3.62. The molecule has 0 saturated heterocycles. The second kappa shape index (κ2) is 11.1. The molecular weight excluding hydrogens is 671 g/mol. The van der Waals surface area contributed by atoms with Crippen LogP contribution in [0.15, 0.2) is 109 Å². The first-order chi connectivity index (χ1) is 20.6. The minimum atomic E-state index is -5.19. The zero-order valence-corrected chi connectivity index (χ0v) is 32.3. The van der Waals surface area contributed by atoms with E-state index in [0.717, 1.165) is 0 Å². The van der Waals surface area contributed by atoms with Gasteiger partial charge in [0.05, 0.1) is 0 Å². The Labute approximate surface area is 273 Å². The van der Waals surface area contributed by atoms with E-state index >= 15 is 0 Å². The van der Waals surface area contributed by atoms with Gasteiger partial charge < -0.3 is 0 Å². The summed E-state index contributed by atoms with van der Waals surface area (Å²) in [7, 11) is 17.7. The van der Waals surface area contributed by atoms with E-state index in [2.05, 4.69) is 165 Å². The summed E-state index contributed by atoms with van der Waals surface area (Å²) in [4.78, 5) is 0. The molecule has 2 aliphatic rings. The van der Waals surface area contributed by atoms with Gasteiger partial charge in [-0.25, -0.2) is 0 Å². The fourth-order valence-corrected chi connectivity index (χ4v) is 47.9. The molecule has 0 heterocycles. The van der Waals surface area contributed by atoms with E-state index in [1.165, 1.54) is 54.9 Å². The van der Waals surface area contributed by atoms with E-state index in [-0.39, 0.29) is 18.1 Å². The SMILES string of the molecule is Cc1ccc([Si](c2ccc(C)cc2)=[Zr]([Cl])([Cl])([CH]2C=CC=C2)[CH]2c3cc(C(C)(C)C)ccc3-c3ccc(C(C)(C)C)cc32)cc1. The molecule has 0 unspecified atom stereocenters. The number of rotatable bonds is 4. The first-order valence-corrected chi connectivity index (χ1v) is 30.2. The summed E-state index contributed by atoms with van der Waals surface area (Å²) in [5.74, 6) is 0. The second-order valence-corrected chi connectivity index (χ2v) is 50.3. The zero-order valence-electron chi connectivity index (χ0n) is 27.3. The molecule has 226 valence electrons. The van der Waals surface area contributed by atoms with Crippen LogP contribution in [-0.2, 0) is 25.8 Å². The van der Waals surface area contributed by atoms with Crippen LogP contribution in [0.25, 0.3) is 11.1 Å². The van der Waals surface area contributed by atoms with Crippen LogP contribution in [0.3, 0.4) is 0 Å². The number of fused-ring (bicyclic) bond motifs is 3. The van der Waals surface area contributed by atoms with Crippen molar-refractivity contribution in [2.75, 3.05) is 0 Å². The number of benzene rings is 4. The third kappa shape index (κ3) is 5.33. The van der Waals surface area contributed by atoms with Gasteiger partial charge in [-0.15, -0.1) is 0 Å². The standard InChI is InChI=1S/C21H25.C14H14Si.C5H5.2ClH.Zr/c1-20(2,3)16-7-9-18-14(12-16)11-15-13-17(21(4,5)6)8-10-19(15)18;1-11-3-7-13(8-4-11)15-14-9-5-12(2)6-10-14;1-2-4-5-3-1;;;/h7-13H,1-6H3;3-10H,1-2H3;1-5H;2*1H;/q;;;;;+2/p-2. The van der Waals surface area contributed by atoms with E-state index in [4.69, 9.17) is 17.0 Å². The number of hydrogen-bond donors (Lipinski definition) is 0. The van der Waals surface area contributed by atoms with Crippen LogP contribution in [0.2, 0.25) is 3.63 Å². The number of aryl methyl sites for hydroxylation is 2. The van der Waals surface area contributed by atoms with Crippen molar-refractivity contribution in [3.8, 4) is 11.1 Å². The molecule has 2 aliphatic carbocycles. The Morgan fingerprint density at radius 3 is 1.32 bits per heavy atom. The van der Waals surface area contributed by atoms with Crippen LogP contribution in [0.5, 0.6) is 0 Å². The molecular formula is C40H44Cl2SiZr. The Bertz CT molecular complexity index is 1770. The molecule has 0 nitrogen and oxygen atoms in total. The Morgan fingerprint density at radius 2 is 0.955 bits per heavy atom. The van der Waals surface area contributed by atoms with Crippen LogP contribution in [0.1, 0.15) is 78.5 Å². The summed E-state index contributed by atoms with van der Waals surface area (Å²) in [5.41, 5.74) is 8.72. The summed E-state index contributed by atoms with van der Waals surface area (Å²) in [5, 5.41) is 2.62. The number of halogens is 2. The van der Waals surface area contributed by atoms with Crippen LogP contribution in [0.4, 0.5) is 0 Å². The van der Waals surface area contributed by atoms with Crippen molar-refractivity contribution in [3.05, 3.63) is 143 Å². The maximum absolute atomic E-state index is 8.83. The van der Waals surface area contributed by atoms with Crippen molar-refractivity contribution < 1.29 is 15.0 Å². The minimum absolute atomic E-state index is 0.00369. The third-order valence-corrected chi connectivity index (χ3v) is 47.9. The molecule has 0 atom stereocenters. The predicted molar refractivity (Wildman–Crippen MR) is 192 cm³/mol. The summed E-state index contributed by atoms with van der Waals surface area (Å²) in [6.45, 7) is 18.1. The number of allylic oxidation sites excluding steroid dienone is 4. The fourth-order valence-electron chi connectivity index (χ4n) is 7.21. The van der Waals surface area contributed by atoms with Gasteiger partial charge in [-0.2, -0.15) is 0 Å². The second-order valence-electron chi connectivity index (χ2n) is 15.1. The van der Waals surface area contributed by atoms with E-state index < -0.39 is 20.4 Å². The van der Waals surface area contributed by atoms with Crippen molar-refractivity contribution in [3.63, 3.8) is 0 Å². The van der Waals surface area contributed by atoms with Crippen LogP contribution < -0.4 is 10.4 Å². The molecule has 4 aromatic rings. The quantitative estimate of drug-likeness (QED) is 0.185. The van der Waals surface area contributed by atoms with Gasteiger partial charge in [-0.1, -0.05) is 0 Å². The van der Waals surface area contributed by atoms with Gasteiger partial charge in [-0.3, -0.25) is 0 Å². The monoisotopic (exact) mass is 712 g/mol. The molecule has 0 aromatic heterocycles. The summed E-state index contributed by atoms with van der Waals surface area (Å²) in [6.07, 6.45) is 8.97. The van der Waals surface area contributed by atoms with Crippen molar-refractivity contribution in [2.24, 2.45) is 0 Å². The van der Waals surface area contributed by atoms with Crippen molar-refractivity contribution in [1.82, 2.24) is 0 Å². The van der Waals surface area contributed by atoms with Gasteiger partial charge in [0, 0.05) is 0 Å². The Balaban J connectivity index is 1.84. The fraction of sp³-hybridized carbons (Fsp3) is 0.300. The molecule has 0 bridgehead atoms. The van der Waals surface area contributed by atoms with Gasteiger partial charge in [-0.05, 0) is 0 Å². The molecule has 6 rings (SSSR count).